The number of benzene rings is 1. The molecule has 0 bridgehead atoms. The molecule has 1 N–H and O–H groups in total. The van der Waals surface area contributed by atoms with Gasteiger partial charge in [0, 0.05) is 5.25 Å². The second-order valence-electron chi connectivity index (χ2n) is 4.77. The van der Waals surface area contributed by atoms with E-state index < -0.39 is 5.82 Å². The molecule has 1 aromatic carbocycles. The smallest absolute Gasteiger partial charge is 0.126 e. The van der Waals surface area contributed by atoms with Crippen molar-refractivity contribution in [2.24, 2.45) is 0 Å². The number of hydrogen-bond donors (Lipinski definition) is 1. The van der Waals surface area contributed by atoms with E-state index in [4.69, 9.17) is 23.2 Å². The molecule has 0 aliphatic carbocycles. The number of anilines is 1. The van der Waals surface area contributed by atoms with Crippen molar-refractivity contribution < 1.29 is 4.39 Å². The van der Waals surface area contributed by atoms with Crippen LogP contribution in [0.15, 0.2) is 27.8 Å². The van der Waals surface area contributed by atoms with E-state index in [0.29, 0.717) is 21.0 Å². The number of rotatable bonds is 2. The van der Waals surface area contributed by atoms with Crippen molar-refractivity contribution in [1.82, 2.24) is 0 Å². The summed E-state index contributed by atoms with van der Waals surface area (Å²) in [4.78, 5) is 0. The average molecular weight is 348 g/mol. The Morgan fingerprint density at radius 1 is 1.30 bits per heavy atom. The van der Waals surface area contributed by atoms with Gasteiger partial charge in [-0.3, -0.25) is 0 Å². The minimum atomic E-state index is -0.422. The first-order valence-electron chi connectivity index (χ1n) is 6.19. The Labute approximate surface area is 135 Å². The fourth-order valence-corrected chi connectivity index (χ4v) is 5.48. The lowest BCUT2D eigenvalue weighted by atomic mass is 10.0. The molecule has 1 aliphatic heterocycles. The van der Waals surface area contributed by atoms with Crippen LogP contribution in [0.4, 0.5) is 10.1 Å². The summed E-state index contributed by atoms with van der Waals surface area (Å²) in [6.07, 6.45) is 0.985. The van der Waals surface area contributed by atoms with E-state index in [1.165, 1.54) is 21.9 Å². The third kappa shape index (κ3) is 2.80. The van der Waals surface area contributed by atoms with E-state index in [1.54, 1.807) is 11.3 Å². The molecule has 0 amide bonds. The van der Waals surface area contributed by atoms with Gasteiger partial charge >= 0.3 is 0 Å². The SMILES string of the molecule is C[C@H]1CC(Nc2c(Cl)cc(F)cc2Cl)c2ccsc2S1. The number of halogens is 3. The highest BCUT2D eigenvalue weighted by Gasteiger charge is 2.27. The largest absolute Gasteiger partial charge is 0.376 e. The van der Waals surface area contributed by atoms with Gasteiger partial charge in [-0.05, 0) is 35.6 Å². The number of nitrogens with one attached hydrogen (secondary N) is 1. The Kier molecular flexibility index (Phi) is 4.18. The Hall–Kier alpha value is -0.420. The van der Waals surface area contributed by atoms with Gasteiger partial charge in [-0.15, -0.1) is 23.1 Å². The molecule has 0 saturated carbocycles. The lowest BCUT2D eigenvalue weighted by Gasteiger charge is -2.29. The fourth-order valence-electron chi connectivity index (χ4n) is 2.34. The third-order valence-corrected chi connectivity index (χ3v) is 6.18. The van der Waals surface area contributed by atoms with Crippen molar-refractivity contribution in [3.8, 4) is 0 Å². The first kappa shape index (κ1) is 14.5. The highest BCUT2D eigenvalue weighted by atomic mass is 35.5. The van der Waals surface area contributed by atoms with E-state index in [1.807, 2.05) is 11.8 Å². The maximum Gasteiger partial charge on any atom is 0.126 e. The summed E-state index contributed by atoms with van der Waals surface area (Å²) in [7, 11) is 0. The van der Waals surface area contributed by atoms with Crippen LogP contribution < -0.4 is 5.32 Å². The van der Waals surface area contributed by atoms with Gasteiger partial charge in [0.25, 0.3) is 0 Å². The van der Waals surface area contributed by atoms with Crippen LogP contribution in [0.5, 0.6) is 0 Å². The van der Waals surface area contributed by atoms with Crippen molar-refractivity contribution in [2.75, 3.05) is 5.32 Å². The second kappa shape index (κ2) is 5.76. The monoisotopic (exact) mass is 347 g/mol. The Morgan fingerprint density at radius 2 is 2.00 bits per heavy atom. The van der Waals surface area contributed by atoms with Crippen molar-refractivity contribution in [3.63, 3.8) is 0 Å². The second-order valence-corrected chi connectivity index (χ2v) is 8.21. The highest BCUT2D eigenvalue weighted by molar-refractivity contribution is 8.01. The molecule has 1 unspecified atom stereocenters. The summed E-state index contributed by atoms with van der Waals surface area (Å²) in [5.41, 5.74) is 1.88. The summed E-state index contributed by atoms with van der Waals surface area (Å²) in [5, 5.41) is 6.63. The van der Waals surface area contributed by atoms with Gasteiger partial charge in [0.2, 0.25) is 0 Å². The molecule has 2 aromatic rings. The fraction of sp³-hybridized carbons (Fsp3) is 0.286. The molecule has 0 radical (unpaired) electrons. The van der Waals surface area contributed by atoms with Crippen LogP contribution in [0.1, 0.15) is 24.9 Å². The standard InChI is InChI=1S/C14H12Cl2FNS2/c1-7-4-12(9-2-3-19-14(9)20-7)18-13-10(15)5-8(17)6-11(13)16/h2-3,5-7,12,18H,4H2,1H3/t7-,12?/m0/s1. The normalized spacial score (nSPS) is 21.6. The van der Waals surface area contributed by atoms with Gasteiger partial charge in [-0.1, -0.05) is 30.1 Å². The summed E-state index contributed by atoms with van der Waals surface area (Å²) in [6, 6.07) is 4.85. The zero-order valence-electron chi connectivity index (χ0n) is 10.6. The molecule has 0 spiro atoms. The van der Waals surface area contributed by atoms with Gasteiger partial charge in [-0.25, -0.2) is 4.39 Å². The Balaban J connectivity index is 1.93. The first-order valence-corrected chi connectivity index (χ1v) is 8.71. The van der Waals surface area contributed by atoms with Gasteiger partial charge in [0.15, 0.2) is 0 Å². The molecule has 2 heterocycles. The quantitative estimate of drug-likeness (QED) is 0.690. The lowest BCUT2D eigenvalue weighted by molar-refractivity contribution is 0.627. The maximum absolute atomic E-state index is 13.2. The number of thioether (sulfide) groups is 1. The average Bonchev–Trinajstić information content (AvgIpc) is 2.81. The van der Waals surface area contributed by atoms with E-state index in [9.17, 15) is 4.39 Å². The van der Waals surface area contributed by atoms with Crippen molar-refractivity contribution >= 4 is 52.0 Å². The lowest BCUT2D eigenvalue weighted by Crippen LogP contribution is -2.19. The molecule has 106 valence electrons. The summed E-state index contributed by atoms with van der Waals surface area (Å²) >= 11 is 15.9. The number of hydrogen-bond acceptors (Lipinski definition) is 3. The Bertz CT molecular complexity index is 621. The first-order chi connectivity index (χ1) is 9.54. The van der Waals surface area contributed by atoms with E-state index in [-0.39, 0.29) is 6.04 Å². The predicted octanol–water partition coefficient (Wildman–Crippen LogP) is 6.23. The van der Waals surface area contributed by atoms with Crippen LogP contribution in [-0.4, -0.2) is 5.25 Å². The number of thiophene rings is 1. The van der Waals surface area contributed by atoms with E-state index in [0.717, 1.165) is 6.42 Å². The molecular formula is C14H12Cl2FNS2. The van der Waals surface area contributed by atoms with Crippen LogP contribution in [0.3, 0.4) is 0 Å². The van der Waals surface area contributed by atoms with Crippen LogP contribution in [0.25, 0.3) is 0 Å². The van der Waals surface area contributed by atoms with E-state index >= 15 is 0 Å². The summed E-state index contributed by atoms with van der Waals surface area (Å²) < 4.78 is 14.6. The molecule has 0 fully saturated rings. The van der Waals surface area contributed by atoms with Gasteiger partial charge in [0.1, 0.15) is 5.82 Å². The van der Waals surface area contributed by atoms with Crippen molar-refractivity contribution in [3.05, 3.63) is 45.0 Å². The van der Waals surface area contributed by atoms with Gasteiger partial charge in [0.05, 0.1) is 26.0 Å². The predicted molar refractivity (Wildman–Crippen MR) is 87.0 cm³/mol. The topological polar surface area (TPSA) is 12.0 Å². The van der Waals surface area contributed by atoms with Crippen LogP contribution in [0, 0.1) is 5.82 Å². The minimum Gasteiger partial charge on any atom is -0.376 e. The van der Waals surface area contributed by atoms with Gasteiger partial charge in [-0.2, -0.15) is 0 Å². The van der Waals surface area contributed by atoms with Crippen LogP contribution in [0.2, 0.25) is 10.0 Å². The zero-order chi connectivity index (χ0) is 14.3. The zero-order valence-corrected chi connectivity index (χ0v) is 13.8. The van der Waals surface area contributed by atoms with Gasteiger partial charge < -0.3 is 5.32 Å². The molecule has 1 aliphatic rings. The van der Waals surface area contributed by atoms with Crippen LogP contribution >= 0.6 is 46.3 Å². The highest BCUT2D eigenvalue weighted by Crippen LogP contribution is 2.46. The molecule has 1 aromatic heterocycles. The molecule has 3 rings (SSSR count). The van der Waals surface area contributed by atoms with Crippen molar-refractivity contribution in [2.45, 2.75) is 28.8 Å². The third-order valence-electron chi connectivity index (χ3n) is 3.24. The molecule has 2 atom stereocenters. The molecule has 6 heteroatoms. The molecule has 1 nitrogen and oxygen atoms in total. The minimum absolute atomic E-state index is 0.160. The summed E-state index contributed by atoms with van der Waals surface area (Å²) in [5.74, 6) is -0.422. The number of fused-ring (bicyclic) bond motifs is 1. The van der Waals surface area contributed by atoms with Crippen LogP contribution in [-0.2, 0) is 0 Å². The Morgan fingerprint density at radius 3 is 2.70 bits per heavy atom. The molecule has 20 heavy (non-hydrogen) atoms. The maximum atomic E-state index is 13.2. The van der Waals surface area contributed by atoms with Crippen molar-refractivity contribution in [1.29, 1.82) is 0 Å². The van der Waals surface area contributed by atoms with E-state index in [2.05, 4.69) is 23.7 Å². The summed E-state index contributed by atoms with van der Waals surface area (Å²) in [6.45, 7) is 2.20. The molecular weight excluding hydrogens is 336 g/mol. The molecule has 0 saturated heterocycles.